The van der Waals surface area contributed by atoms with E-state index in [1.165, 1.54) is 0 Å². The maximum Gasteiger partial charge on any atom is 0.275 e. The van der Waals surface area contributed by atoms with Gasteiger partial charge < -0.3 is 15.4 Å². The van der Waals surface area contributed by atoms with Gasteiger partial charge in [-0.1, -0.05) is 77.1 Å². The zero-order valence-corrected chi connectivity index (χ0v) is 27.8. The van der Waals surface area contributed by atoms with Crippen LogP contribution in [0.25, 0.3) is 0 Å². The Labute approximate surface area is 273 Å². The summed E-state index contributed by atoms with van der Waals surface area (Å²) < 4.78 is 6.00. The predicted octanol–water partition coefficient (Wildman–Crippen LogP) is 8.58. The standard InChI is InChI=1S/C39H48N4O3/c1-6-34(29-12-14-30(15-13-29)35(44)21-27(4)28(5)22-36(40)41)43-38(45)37(42-39(43)23-25(2)20-26(3)24-39)31-16-18-33(19-17-31)46-32-10-8-7-9-11-32/h7-19,25-28,34H,6,20-24H2,1-5H3,(H3,40,41). The molecule has 0 saturated heterocycles. The van der Waals surface area contributed by atoms with Gasteiger partial charge in [0.15, 0.2) is 5.78 Å². The van der Waals surface area contributed by atoms with E-state index in [9.17, 15) is 9.59 Å². The summed E-state index contributed by atoms with van der Waals surface area (Å²) in [7, 11) is 0. The number of Topliss-reactive ketones (excluding diaryl/α,β-unsaturated/α-hetero) is 1. The molecule has 242 valence electrons. The van der Waals surface area contributed by atoms with Crippen LogP contribution < -0.4 is 10.5 Å². The predicted molar refractivity (Wildman–Crippen MR) is 185 cm³/mol. The van der Waals surface area contributed by atoms with Gasteiger partial charge in [-0.15, -0.1) is 0 Å². The molecule has 0 aromatic heterocycles. The molecular weight excluding hydrogens is 572 g/mol. The zero-order valence-electron chi connectivity index (χ0n) is 27.8. The quantitative estimate of drug-likeness (QED) is 0.120. The van der Waals surface area contributed by atoms with E-state index in [0.29, 0.717) is 41.7 Å². The molecule has 1 heterocycles. The number of hydrogen-bond acceptors (Lipinski definition) is 5. The molecule has 7 heteroatoms. The number of rotatable bonds is 12. The van der Waals surface area contributed by atoms with Crippen LogP contribution in [-0.2, 0) is 4.79 Å². The van der Waals surface area contributed by atoms with Gasteiger partial charge in [0.25, 0.3) is 5.91 Å². The van der Waals surface area contributed by atoms with E-state index in [2.05, 4.69) is 25.7 Å². The first kappa shape index (κ1) is 33.1. The third kappa shape index (κ3) is 7.24. The Hall–Kier alpha value is -4.26. The molecule has 3 aromatic carbocycles. The van der Waals surface area contributed by atoms with Gasteiger partial charge >= 0.3 is 0 Å². The normalized spacial score (nSPS) is 23.1. The summed E-state index contributed by atoms with van der Waals surface area (Å²) in [5.74, 6) is 2.80. The van der Waals surface area contributed by atoms with E-state index < -0.39 is 5.66 Å². The van der Waals surface area contributed by atoms with Crippen LogP contribution in [0.5, 0.6) is 11.5 Å². The van der Waals surface area contributed by atoms with Gasteiger partial charge in [-0.05, 0) is 91.3 Å². The summed E-state index contributed by atoms with van der Waals surface area (Å²) in [5, 5.41) is 7.58. The van der Waals surface area contributed by atoms with Crippen LogP contribution in [0.1, 0.15) is 101 Å². The average molecular weight is 621 g/mol. The fourth-order valence-corrected chi connectivity index (χ4v) is 7.50. The Balaban J connectivity index is 1.40. The molecule has 1 amide bonds. The summed E-state index contributed by atoms with van der Waals surface area (Å²) in [5.41, 5.74) is 7.96. The van der Waals surface area contributed by atoms with Gasteiger partial charge in [-0.25, -0.2) is 0 Å². The first-order valence-electron chi connectivity index (χ1n) is 16.7. The Morgan fingerprint density at radius 1 is 0.935 bits per heavy atom. The lowest BCUT2D eigenvalue weighted by molar-refractivity contribution is -0.134. The summed E-state index contributed by atoms with van der Waals surface area (Å²) in [4.78, 5) is 35.0. The number of ether oxygens (including phenoxy) is 1. The summed E-state index contributed by atoms with van der Waals surface area (Å²) >= 11 is 0. The number of carbonyl (C=O) groups is 2. The number of aliphatic imine (C=N–C) groups is 1. The van der Waals surface area contributed by atoms with Crippen molar-refractivity contribution in [3.05, 3.63) is 95.6 Å². The molecule has 0 bridgehead atoms. The third-order valence-electron chi connectivity index (χ3n) is 9.79. The number of benzene rings is 3. The van der Waals surface area contributed by atoms with Crippen molar-refractivity contribution in [1.82, 2.24) is 4.90 Å². The first-order chi connectivity index (χ1) is 22.0. The lowest BCUT2D eigenvalue weighted by Crippen LogP contribution is -2.52. The molecule has 3 N–H and O–H groups in total. The van der Waals surface area contributed by atoms with E-state index in [4.69, 9.17) is 20.9 Å². The minimum absolute atomic E-state index is 0.0432. The highest BCUT2D eigenvalue weighted by molar-refractivity contribution is 6.46. The van der Waals surface area contributed by atoms with Gasteiger partial charge in [0, 0.05) is 24.0 Å². The maximum atomic E-state index is 14.5. The van der Waals surface area contributed by atoms with Crippen LogP contribution in [0.15, 0.2) is 83.9 Å². The highest BCUT2D eigenvalue weighted by Gasteiger charge is 2.52. The molecule has 46 heavy (non-hydrogen) atoms. The molecule has 1 spiro atoms. The number of ketones is 1. The molecule has 5 unspecified atom stereocenters. The summed E-state index contributed by atoms with van der Waals surface area (Å²) in [6.07, 6.45) is 4.40. The molecule has 3 aromatic rings. The second-order valence-electron chi connectivity index (χ2n) is 13.8. The lowest BCUT2D eigenvalue weighted by Gasteiger charge is -2.47. The number of amides is 1. The third-order valence-corrected chi connectivity index (χ3v) is 9.79. The van der Waals surface area contributed by atoms with Crippen molar-refractivity contribution in [2.24, 2.45) is 34.4 Å². The number of amidine groups is 1. The van der Waals surface area contributed by atoms with Crippen molar-refractivity contribution in [2.45, 2.75) is 84.8 Å². The van der Waals surface area contributed by atoms with Crippen LogP contribution >= 0.6 is 0 Å². The van der Waals surface area contributed by atoms with Gasteiger partial charge in [0.2, 0.25) is 0 Å². The topological polar surface area (TPSA) is 109 Å². The van der Waals surface area contributed by atoms with Crippen molar-refractivity contribution in [3.8, 4) is 11.5 Å². The van der Waals surface area contributed by atoms with Crippen molar-refractivity contribution < 1.29 is 14.3 Å². The molecule has 5 atom stereocenters. The van der Waals surface area contributed by atoms with Crippen LogP contribution in [0.4, 0.5) is 0 Å². The fourth-order valence-electron chi connectivity index (χ4n) is 7.50. The van der Waals surface area contributed by atoms with Crippen molar-refractivity contribution in [3.63, 3.8) is 0 Å². The van der Waals surface area contributed by atoms with Gasteiger partial charge in [0.05, 0.1) is 11.9 Å². The molecule has 5 rings (SSSR count). The highest BCUT2D eigenvalue weighted by Crippen LogP contribution is 2.48. The monoisotopic (exact) mass is 620 g/mol. The van der Waals surface area contributed by atoms with Crippen molar-refractivity contribution in [1.29, 1.82) is 5.41 Å². The first-order valence-corrected chi connectivity index (χ1v) is 16.7. The van der Waals surface area contributed by atoms with E-state index in [-0.39, 0.29) is 35.4 Å². The average Bonchev–Trinajstić information content (AvgIpc) is 3.28. The highest BCUT2D eigenvalue weighted by atomic mass is 16.5. The smallest absolute Gasteiger partial charge is 0.275 e. The Bertz CT molecular complexity index is 1550. The van der Waals surface area contributed by atoms with E-state index in [0.717, 1.165) is 42.6 Å². The van der Waals surface area contributed by atoms with Crippen molar-refractivity contribution >= 4 is 23.2 Å². The molecule has 2 aliphatic rings. The minimum atomic E-state index is -0.611. The Kier molecular flexibility index (Phi) is 10.1. The summed E-state index contributed by atoms with van der Waals surface area (Å²) in [6, 6.07) is 24.9. The largest absolute Gasteiger partial charge is 0.457 e. The SMILES string of the molecule is CCC(c1ccc(C(=O)CC(C)C(C)CC(=N)N)cc1)N1C(=O)C(c2ccc(Oc3ccccc3)cc2)=NC12CC(C)CC(C)C2. The molecule has 0 radical (unpaired) electrons. The Morgan fingerprint density at radius 2 is 1.52 bits per heavy atom. The van der Waals surface area contributed by atoms with Crippen LogP contribution in [0.3, 0.4) is 0 Å². The second kappa shape index (κ2) is 14.0. The fraction of sp³-hybridized carbons (Fsp3) is 0.436. The molecule has 1 aliphatic carbocycles. The minimum Gasteiger partial charge on any atom is -0.457 e. The van der Waals surface area contributed by atoms with E-state index in [1.807, 2.05) is 92.7 Å². The number of nitrogens with zero attached hydrogens (tertiary/aromatic N) is 2. The molecule has 1 saturated carbocycles. The number of carbonyl (C=O) groups excluding carboxylic acids is 2. The van der Waals surface area contributed by atoms with Crippen LogP contribution in [-0.4, -0.2) is 33.8 Å². The lowest BCUT2D eigenvalue weighted by atomic mass is 9.75. The molecule has 7 nitrogen and oxygen atoms in total. The van der Waals surface area contributed by atoms with E-state index in [1.54, 1.807) is 0 Å². The maximum absolute atomic E-state index is 14.5. The van der Waals surface area contributed by atoms with Gasteiger partial charge in [-0.3, -0.25) is 20.0 Å². The number of hydrogen-bond donors (Lipinski definition) is 2. The molecule has 1 fully saturated rings. The molecule has 1 aliphatic heterocycles. The van der Waals surface area contributed by atoms with E-state index >= 15 is 0 Å². The van der Waals surface area contributed by atoms with Crippen LogP contribution in [0.2, 0.25) is 0 Å². The van der Waals surface area contributed by atoms with Gasteiger partial charge in [-0.2, -0.15) is 0 Å². The number of nitrogens with one attached hydrogen (secondary N) is 1. The van der Waals surface area contributed by atoms with Crippen molar-refractivity contribution in [2.75, 3.05) is 0 Å². The van der Waals surface area contributed by atoms with Crippen LogP contribution in [0, 0.1) is 29.1 Å². The Morgan fingerprint density at radius 3 is 2.11 bits per heavy atom. The number of para-hydroxylation sites is 1. The van der Waals surface area contributed by atoms with Gasteiger partial charge in [0.1, 0.15) is 22.9 Å². The number of nitrogens with two attached hydrogens (primary N) is 1. The second-order valence-corrected chi connectivity index (χ2v) is 13.8. The molecular formula is C39H48N4O3. The zero-order chi connectivity index (χ0) is 33.0. The summed E-state index contributed by atoms with van der Waals surface area (Å²) in [6.45, 7) is 10.7.